The molecule has 0 saturated heterocycles. The van der Waals surface area contributed by atoms with Gasteiger partial charge in [0, 0.05) is 5.56 Å². The van der Waals surface area contributed by atoms with Crippen molar-refractivity contribution in [3.05, 3.63) is 70.4 Å². The van der Waals surface area contributed by atoms with Crippen LogP contribution in [0.4, 0.5) is 0 Å². The highest BCUT2D eigenvalue weighted by Gasteiger charge is 2.16. The molecule has 22 heavy (non-hydrogen) atoms. The van der Waals surface area contributed by atoms with Gasteiger partial charge in [-0.3, -0.25) is 0 Å². The minimum Gasteiger partial charge on any atom is -0.390 e. The Kier molecular flexibility index (Phi) is 4.22. The summed E-state index contributed by atoms with van der Waals surface area (Å²) in [5.41, 5.74) is 4.44. The highest BCUT2D eigenvalue weighted by Crippen LogP contribution is 2.29. The van der Waals surface area contributed by atoms with Gasteiger partial charge in [-0.15, -0.1) is 5.10 Å². The maximum atomic E-state index is 9.53. The summed E-state index contributed by atoms with van der Waals surface area (Å²) < 4.78 is 1.78. The summed E-state index contributed by atoms with van der Waals surface area (Å²) in [5, 5.41) is 18.4. The van der Waals surface area contributed by atoms with Gasteiger partial charge in [0.15, 0.2) is 0 Å². The zero-order chi connectivity index (χ0) is 15.5. The van der Waals surface area contributed by atoms with Crippen LogP contribution in [0, 0.1) is 6.92 Å². The Hall–Kier alpha value is -2.17. The van der Waals surface area contributed by atoms with Crippen LogP contribution in [-0.2, 0) is 13.2 Å². The van der Waals surface area contributed by atoms with E-state index in [1.807, 2.05) is 24.3 Å². The zero-order valence-corrected chi connectivity index (χ0v) is 13.0. The third-order valence-corrected chi connectivity index (χ3v) is 3.87. The first-order valence-electron chi connectivity index (χ1n) is 7.02. The molecule has 0 saturated carbocycles. The number of aliphatic hydroxyl groups is 1. The van der Waals surface area contributed by atoms with Gasteiger partial charge in [-0.25, -0.2) is 4.68 Å². The van der Waals surface area contributed by atoms with Crippen molar-refractivity contribution in [2.45, 2.75) is 20.1 Å². The molecule has 3 aromatic rings. The number of aliphatic hydroxyl groups excluding tert-OH is 1. The summed E-state index contributed by atoms with van der Waals surface area (Å²) >= 11 is 6.29. The van der Waals surface area contributed by atoms with Crippen molar-refractivity contribution in [2.75, 3.05) is 0 Å². The van der Waals surface area contributed by atoms with E-state index in [4.69, 9.17) is 11.6 Å². The average Bonchev–Trinajstić information content (AvgIpc) is 2.93. The molecule has 1 heterocycles. The van der Waals surface area contributed by atoms with Crippen LogP contribution in [0.25, 0.3) is 11.3 Å². The molecule has 0 aliphatic heterocycles. The van der Waals surface area contributed by atoms with Gasteiger partial charge in [0.05, 0.1) is 23.9 Å². The SMILES string of the molecule is Cc1ccc(Cn2nnc(CO)c2-c2ccccc2Cl)cc1. The van der Waals surface area contributed by atoms with Crippen LogP contribution in [0.5, 0.6) is 0 Å². The Bertz CT molecular complexity index is 781. The Morgan fingerprint density at radius 3 is 2.50 bits per heavy atom. The second-order valence-electron chi connectivity index (χ2n) is 5.17. The third kappa shape index (κ3) is 2.89. The van der Waals surface area contributed by atoms with Gasteiger partial charge in [0.2, 0.25) is 0 Å². The van der Waals surface area contributed by atoms with Crippen LogP contribution in [0.15, 0.2) is 48.5 Å². The van der Waals surface area contributed by atoms with E-state index in [9.17, 15) is 5.11 Å². The molecule has 0 fully saturated rings. The van der Waals surface area contributed by atoms with Crippen molar-refractivity contribution in [1.82, 2.24) is 15.0 Å². The summed E-state index contributed by atoms with van der Waals surface area (Å²) in [6.45, 7) is 2.46. The number of hydrogen-bond donors (Lipinski definition) is 1. The summed E-state index contributed by atoms with van der Waals surface area (Å²) in [6.07, 6.45) is 0. The summed E-state index contributed by atoms with van der Waals surface area (Å²) in [4.78, 5) is 0. The molecule has 1 N–H and O–H groups in total. The highest BCUT2D eigenvalue weighted by atomic mass is 35.5. The van der Waals surface area contributed by atoms with Crippen molar-refractivity contribution in [3.63, 3.8) is 0 Å². The van der Waals surface area contributed by atoms with Crippen LogP contribution in [0.1, 0.15) is 16.8 Å². The van der Waals surface area contributed by atoms with E-state index in [2.05, 4.69) is 41.5 Å². The van der Waals surface area contributed by atoms with Crippen molar-refractivity contribution >= 4 is 11.6 Å². The van der Waals surface area contributed by atoms with Gasteiger partial charge < -0.3 is 5.11 Å². The molecule has 0 bridgehead atoms. The Morgan fingerprint density at radius 2 is 1.82 bits per heavy atom. The van der Waals surface area contributed by atoms with E-state index in [0.29, 0.717) is 17.3 Å². The molecule has 112 valence electrons. The topological polar surface area (TPSA) is 50.9 Å². The van der Waals surface area contributed by atoms with Crippen LogP contribution in [0.3, 0.4) is 0 Å². The molecular weight excluding hydrogens is 298 g/mol. The number of halogens is 1. The molecule has 0 amide bonds. The molecular formula is C17H16ClN3O. The number of nitrogens with zero attached hydrogens (tertiary/aromatic N) is 3. The minimum atomic E-state index is -0.172. The van der Waals surface area contributed by atoms with Crippen LogP contribution < -0.4 is 0 Å². The largest absolute Gasteiger partial charge is 0.390 e. The first-order chi connectivity index (χ1) is 10.7. The number of hydrogen-bond acceptors (Lipinski definition) is 3. The monoisotopic (exact) mass is 313 g/mol. The van der Waals surface area contributed by atoms with Crippen LogP contribution in [0.2, 0.25) is 5.02 Å². The lowest BCUT2D eigenvalue weighted by atomic mass is 10.1. The lowest BCUT2D eigenvalue weighted by molar-refractivity contribution is 0.277. The standard InChI is InChI=1S/C17H16ClN3O/c1-12-6-8-13(9-7-12)10-21-17(16(11-22)19-20-21)14-4-2-3-5-15(14)18/h2-9,22H,10-11H2,1H3. The van der Waals surface area contributed by atoms with Crippen molar-refractivity contribution < 1.29 is 5.11 Å². The first kappa shape index (κ1) is 14.8. The Labute approximate surface area is 134 Å². The first-order valence-corrected chi connectivity index (χ1v) is 7.40. The maximum Gasteiger partial charge on any atom is 0.116 e. The van der Waals surface area contributed by atoms with Gasteiger partial charge in [-0.2, -0.15) is 0 Å². The lowest BCUT2D eigenvalue weighted by Crippen LogP contribution is -2.05. The molecule has 3 rings (SSSR count). The van der Waals surface area contributed by atoms with E-state index in [1.54, 1.807) is 4.68 Å². The van der Waals surface area contributed by atoms with E-state index >= 15 is 0 Å². The van der Waals surface area contributed by atoms with Crippen molar-refractivity contribution in [2.24, 2.45) is 0 Å². The fourth-order valence-electron chi connectivity index (χ4n) is 2.38. The van der Waals surface area contributed by atoms with Crippen LogP contribution in [-0.4, -0.2) is 20.1 Å². The van der Waals surface area contributed by atoms with E-state index in [1.165, 1.54) is 5.56 Å². The maximum absolute atomic E-state index is 9.53. The van der Waals surface area contributed by atoms with Crippen molar-refractivity contribution in [1.29, 1.82) is 0 Å². The van der Waals surface area contributed by atoms with Gasteiger partial charge >= 0.3 is 0 Å². The second-order valence-corrected chi connectivity index (χ2v) is 5.57. The number of aromatic nitrogens is 3. The summed E-state index contributed by atoms with van der Waals surface area (Å²) in [5.74, 6) is 0. The van der Waals surface area contributed by atoms with Gasteiger partial charge in [0.25, 0.3) is 0 Å². The quantitative estimate of drug-likeness (QED) is 0.802. The van der Waals surface area contributed by atoms with Gasteiger partial charge in [-0.05, 0) is 18.6 Å². The lowest BCUT2D eigenvalue weighted by Gasteiger charge is -2.09. The van der Waals surface area contributed by atoms with E-state index in [0.717, 1.165) is 16.8 Å². The number of benzene rings is 2. The van der Waals surface area contributed by atoms with Crippen molar-refractivity contribution in [3.8, 4) is 11.3 Å². The summed E-state index contributed by atoms with van der Waals surface area (Å²) in [6, 6.07) is 15.8. The summed E-state index contributed by atoms with van der Waals surface area (Å²) in [7, 11) is 0. The molecule has 0 radical (unpaired) electrons. The Morgan fingerprint density at radius 1 is 1.09 bits per heavy atom. The average molecular weight is 314 g/mol. The van der Waals surface area contributed by atoms with E-state index < -0.39 is 0 Å². The molecule has 0 aliphatic rings. The highest BCUT2D eigenvalue weighted by molar-refractivity contribution is 6.33. The molecule has 1 aromatic heterocycles. The normalized spacial score (nSPS) is 10.9. The predicted octanol–water partition coefficient (Wildman–Crippen LogP) is 3.45. The minimum absolute atomic E-state index is 0.172. The second kappa shape index (κ2) is 6.30. The molecule has 4 nitrogen and oxygen atoms in total. The smallest absolute Gasteiger partial charge is 0.116 e. The Balaban J connectivity index is 2.04. The number of aryl methyl sites for hydroxylation is 1. The predicted molar refractivity (Wildman–Crippen MR) is 86.7 cm³/mol. The molecule has 2 aromatic carbocycles. The fourth-order valence-corrected chi connectivity index (χ4v) is 2.61. The molecule has 0 unspecified atom stereocenters. The number of rotatable bonds is 4. The molecule has 0 spiro atoms. The van der Waals surface area contributed by atoms with Gasteiger partial charge in [0.1, 0.15) is 5.69 Å². The zero-order valence-electron chi connectivity index (χ0n) is 12.2. The molecule has 0 atom stereocenters. The molecule has 0 aliphatic carbocycles. The van der Waals surface area contributed by atoms with E-state index in [-0.39, 0.29) is 6.61 Å². The third-order valence-electron chi connectivity index (χ3n) is 3.54. The molecule has 5 heteroatoms. The van der Waals surface area contributed by atoms with Gasteiger partial charge in [-0.1, -0.05) is 64.8 Å². The fraction of sp³-hybridized carbons (Fsp3) is 0.176. The van der Waals surface area contributed by atoms with Crippen LogP contribution >= 0.6 is 11.6 Å².